The van der Waals surface area contributed by atoms with E-state index in [4.69, 9.17) is 28.3 Å². The molecular weight excluding hydrogens is 433 g/mol. The second-order valence-corrected chi connectivity index (χ2v) is 8.22. The van der Waals surface area contributed by atoms with Gasteiger partial charge >= 0.3 is 0 Å². The predicted octanol–water partition coefficient (Wildman–Crippen LogP) is 4.67. The molecule has 0 aliphatic carbocycles. The van der Waals surface area contributed by atoms with E-state index in [-0.39, 0.29) is 5.91 Å². The van der Waals surface area contributed by atoms with E-state index in [1.54, 1.807) is 4.52 Å². The molecule has 0 N–H and O–H groups in total. The van der Waals surface area contributed by atoms with Gasteiger partial charge in [-0.25, -0.2) is 4.98 Å². The van der Waals surface area contributed by atoms with Crippen LogP contribution in [0.25, 0.3) is 16.9 Å². The Labute approximate surface area is 189 Å². The van der Waals surface area contributed by atoms with Gasteiger partial charge in [-0.2, -0.15) is 9.61 Å². The maximum absolute atomic E-state index is 12.7. The number of rotatable bonds is 3. The van der Waals surface area contributed by atoms with Crippen LogP contribution in [0.5, 0.6) is 0 Å². The molecule has 0 spiro atoms. The molecule has 156 valence electrons. The molecule has 2 aromatic heterocycles. The summed E-state index contributed by atoms with van der Waals surface area (Å²) in [4.78, 5) is 21.2. The Bertz CT molecular complexity index is 1250. The number of hydrogen-bond donors (Lipinski definition) is 0. The fourth-order valence-electron chi connectivity index (χ4n) is 3.84. The van der Waals surface area contributed by atoms with Crippen LogP contribution in [0.1, 0.15) is 10.4 Å². The lowest BCUT2D eigenvalue weighted by Gasteiger charge is -2.36. The summed E-state index contributed by atoms with van der Waals surface area (Å²) >= 11 is 12.5. The van der Waals surface area contributed by atoms with Crippen molar-refractivity contribution in [2.24, 2.45) is 0 Å². The fraction of sp³-hybridized carbons (Fsp3) is 0.174. The predicted molar refractivity (Wildman–Crippen MR) is 123 cm³/mol. The lowest BCUT2D eigenvalue weighted by molar-refractivity contribution is 0.0746. The smallest absolute Gasteiger partial charge is 0.253 e. The number of aromatic nitrogens is 3. The number of benzene rings is 2. The molecule has 1 fully saturated rings. The SMILES string of the molecule is O=C(c1ccccc1)N1CCN(c2cc(Cl)nc3cc(-c4cccc(Cl)c4)nn23)CC1. The van der Waals surface area contributed by atoms with Crippen molar-refractivity contribution in [3.63, 3.8) is 0 Å². The van der Waals surface area contributed by atoms with E-state index in [0.29, 0.717) is 47.6 Å². The summed E-state index contributed by atoms with van der Waals surface area (Å²) in [5.74, 6) is 0.913. The number of piperazine rings is 1. The van der Waals surface area contributed by atoms with Crippen LogP contribution in [-0.4, -0.2) is 51.6 Å². The van der Waals surface area contributed by atoms with Gasteiger partial charge in [-0.3, -0.25) is 4.79 Å². The Balaban J connectivity index is 1.41. The normalized spacial score (nSPS) is 14.3. The van der Waals surface area contributed by atoms with E-state index in [9.17, 15) is 4.79 Å². The second-order valence-electron chi connectivity index (χ2n) is 7.39. The zero-order chi connectivity index (χ0) is 21.4. The lowest BCUT2D eigenvalue weighted by atomic mass is 10.1. The molecule has 0 bridgehead atoms. The van der Waals surface area contributed by atoms with Crippen LogP contribution in [0.2, 0.25) is 10.2 Å². The quantitative estimate of drug-likeness (QED) is 0.424. The van der Waals surface area contributed by atoms with Gasteiger partial charge in [0.25, 0.3) is 5.91 Å². The molecule has 3 heterocycles. The van der Waals surface area contributed by atoms with Crippen LogP contribution in [0.3, 0.4) is 0 Å². The first kappa shape index (κ1) is 19.8. The van der Waals surface area contributed by atoms with E-state index in [1.165, 1.54) is 0 Å². The molecule has 0 unspecified atom stereocenters. The zero-order valence-corrected chi connectivity index (χ0v) is 18.1. The van der Waals surface area contributed by atoms with E-state index >= 15 is 0 Å². The minimum Gasteiger partial charge on any atom is -0.353 e. The van der Waals surface area contributed by atoms with Crippen molar-refractivity contribution in [2.45, 2.75) is 0 Å². The average Bonchev–Trinajstić information content (AvgIpc) is 3.23. The maximum Gasteiger partial charge on any atom is 0.253 e. The average molecular weight is 452 g/mol. The van der Waals surface area contributed by atoms with Crippen molar-refractivity contribution in [1.82, 2.24) is 19.5 Å². The molecule has 0 saturated carbocycles. The van der Waals surface area contributed by atoms with Gasteiger partial charge in [0.05, 0.1) is 5.69 Å². The summed E-state index contributed by atoms with van der Waals surface area (Å²) in [6.07, 6.45) is 0. The van der Waals surface area contributed by atoms with Gasteiger partial charge < -0.3 is 9.80 Å². The van der Waals surface area contributed by atoms with Gasteiger partial charge in [-0.1, -0.05) is 53.5 Å². The second kappa shape index (κ2) is 8.21. The molecule has 2 aromatic carbocycles. The first-order valence-corrected chi connectivity index (χ1v) is 10.8. The molecule has 1 aliphatic rings. The first-order chi connectivity index (χ1) is 15.1. The minimum atomic E-state index is 0.0560. The Morgan fingerprint density at radius 2 is 1.65 bits per heavy atom. The van der Waals surface area contributed by atoms with Gasteiger partial charge in [0, 0.05) is 54.5 Å². The monoisotopic (exact) mass is 451 g/mol. The Morgan fingerprint density at radius 1 is 0.871 bits per heavy atom. The topological polar surface area (TPSA) is 53.7 Å². The molecule has 4 aromatic rings. The third-order valence-electron chi connectivity index (χ3n) is 5.41. The molecule has 1 amide bonds. The van der Waals surface area contributed by atoms with Crippen LogP contribution in [0.15, 0.2) is 66.7 Å². The van der Waals surface area contributed by atoms with Crippen molar-refractivity contribution in [1.29, 1.82) is 0 Å². The summed E-state index contributed by atoms with van der Waals surface area (Å²) in [7, 11) is 0. The molecule has 8 heteroatoms. The minimum absolute atomic E-state index is 0.0560. The molecule has 1 saturated heterocycles. The van der Waals surface area contributed by atoms with Gasteiger partial charge in [0.1, 0.15) is 11.0 Å². The van der Waals surface area contributed by atoms with Crippen molar-refractivity contribution in [2.75, 3.05) is 31.1 Å². The largest absolute Gasteiger partial charge is 0.353 e. The number of anilines is 1. The highest BCUT2D eigenvalue weighted by Crippen LogP contribution is 2.27. The summed E-state index contributed by atoms with van der Waals surface area (Å²) in [5, 5.41) is 5.81. The number of carbonyl (C=O) groups excluding carboxylic acids is 1. The van der Waals surface area contributed by atoms with Crippen LogP contribution in [-0.2, 0) is 0 Å². The van der Waals surface area contributed by atoms with Gasteiger partial charge in [-0.05, 0) is 24.3 Å². The van der Waals surface area contributed by atoms with E-state index in [1.807, 2.05) is 71.6 Å². The maximum atomic E-state index is 12.7. The van der Waals surface area contributed by atoms with Crippen molar-refractivity contribution >= 4 is 40.6 Å². The number of hydrogen-bond acceptors (Lipinski definition) is 4. The van der Waals surface area contributed by atoms with Crippen molar-refractivity contribution in [3.05, 3.63) is 82.5 Å². The van der Waals surface area contributed by atoms with E-state index < -0.39 is 0 Å². The molecular formula is C23H19Cl2N5O. The lowest BCUT2D eigenvalue weighted by Crippen LogP contribution is -2.49. The van der Waals surface area contributed by atoms with Crippen LogP contribution in [0.4, 0.5) is 5.82 Å². The van der Waals surface area contributed by atoms with E-state index in [0.717, 1.165) is 17.1 Å². The number of carbonyl (C=O) groups is 1. The van der Waals surface area contributed by atoms with Crippen LogP contribution in [0, 0.1) is 0 Å². The molecule has 6 nitrogen and oxygen atoms in total. The van der Waals surface area contributed by atoms with E-state index in [2.05, 4.69) is 9.88 Å². The molecule has 31 heavy (non-hydrogen) atoms. The molecule has 5 rings (SSSR count). The number of amides is 1. The van der Waals surface area contributed by atoms with Gasteiger partial charge in [0.2, 0.25) is 0 Å². The molecule has 0 atom stereocenters. The summed E-state index contributed by atoms with van der Waals surface area (Å²) in [6.45, 7) is 2.61. The van der Waals surface area contributed by atoms with Crippen molar-refractivity contribution < 1.29 is 4.79 Å². The van der Waals surface area contributed by atoms with Crippen molar-refractivity contribution in [3.8, 4) is 11.3 Å². The van der Waals surface area contributed by atoms with Gasteiger partial charge in [-0.15, -0.1) is 0 Å². The Morgan fingerprint density at radius 3 is 2.39 bits per heavy atom. The third-order valence-corrected chi connectivity index (χ3v) is 5.84. The zero-order valence-electron chi connectivity index (χ0n) is 16.6. The standard InChI is InChI=1S/C23H19Cl2N5O/c24-18-8-4-7-17(13-18)19-14-21-26-20(25)15-22(30(21)27-19)28-9-11-29(12-10-28)23(31)16-5-2-1-3-6-16/h1-8,13-15H,9-12H2. The number of nitrogens with zero attached hydrogens (tertiary/aromatic N) is 5. The number of halogens is 2. The van der Waals surface area contributed by atoms with Gasteiger partial charge in [0.15, 0.2) is 5.65 Å². The highest BCUT2D eigenvalue weighted by molar-refractivity contribution is 6.31. The highest BCUT2D eigenvalue weighted by Gasteiger charge is 2.24. The Hall–Kier alpha value is -3.09. The molecule has 1 aliphatic heterocycles. The summed E-state index contributed by atoms with van der Waals surface area (Å²) in [6, 6.07) is 20.7. The first-order valence-electron chi connectivity index (χ1n) is 10.00. The summed E-state index contributed by atoms with van der Waals surface area (Å²) in [5.41, 5.74) is 3.07. The highest BCUT2D eigenvalue weighted by atomic mass is 35.5. The van der Waals surface area contributed by atoms with Crippen LogP contribution < -0.4 is 4.90 Å². The molecule has 0 radical (unpaired) electrons. The third kappa shape index (κ3) is 3.96. The number of fused-ring (bicyclic) bond motifs is 1. The fourth-order valence-corrected chi connectivity index (χ4v) is 4.22. The Kier molecular flexibility index (Phi) is 5.26. The van der Waals surface area contributed by atoms with Crippen LogP contribution >= 0.6 is 23.2 Å². The summed E-state index contributed by atoms with van der Waals surface area (Å²) < 4.78 is 1.80.